The minimum Gasteiger partial charge on any atom is -0.294 e. The Bertz CT molecular complexity index is 473. The van der Waals surface area contributed by atoms with Crippen LogP contribution in [0.4, 0.5) is 0 Å². The average molecular weight is 205 g/mol. The molecule has 1 aromatic heterocycles. The number of Topliss-reactive ketones (excluding diaryl/α,β-unsaturated/α-hetero) is 1. The van der Waals surface area contributed by atoms with Gasteiger partial charge in [0.25, 0.3) is 0 Å². The van der Waals surface area contributed by atoms with E-state index < -0.39 is 0 Å². The smallest absolute Gasteiger partial charge is 0.166 e. The first-order chi connectivity index (χ1) is 6.70. The van der Waals surface area contributed by atoms with Crippen molar-refractivity contribution in [3.63, 3.8) is 0 Å². The highest BCUT2D eigenvalue weighted by atomic mass is 32.1. The van der Waals surface area contributed by atoms with Gasteiger partial charge in [0, 0.05) is 23.1 Å². The van der Waals surface area contributed by atoms with Gasteiger partial charge in [0.1, 0.15) is 0 Å². The Kier molecular flexibility index (Phi) is 2.33. The van der Waals surface area contributed by atoms with E-state index in [9.17, 15) is 4.79 Å². The molecule has 2 nitrogen and oxygen atoms in total. The number of benzene rings is 1. The third-order valence-electron chi connectivity index (χ3n) is 2.19. The standard InChI is InChI=1S/C11H11NOS/c1-7(2)11(13)8-4-3-5-10-9(8)6-12-14-10/h3-7H,1-2H3. The highest BCUT2D eigenvalue weighted by Crippen LogP contribution is 2.23. The van der Waals surface area contributed by atoms with Crippen molar-refractivity contribution >= 4 is 27.4 Å². The SMILES string of the molecule is CC(C)C(=O)c1cccc2sncc12. The first-order valence-electron chi connectivity index (χ1n) is 4.58. The zero-order chi connectivity index (χ0) is 10.1. The minimum atomic E-state index is 0.0421. The summed E-state index contributed by atoms with van der Waals surface area (Å²) < 4.78 is 5.17. The molecule has 0 atom stereocenters. The predicted molar refractivity (Wildman–Crippen MR) is 58.8 cm³/mol. The molecule has 2 rings (SSSR count). The highest BCUT2D eigenvalue weighted by molar-refractivity contribution is 7.13. The summed E-state index contributed by atoms with van der Waals surface area (Å²) in [6.07, 6.45) is 1.77. The average Bonchev–Trinajstić information content (AvgIpc) is 2.63. The predicted octanol–water partition coefficient (Wildman–Crippen LogP) is 3.14. The number of aromatic nitrogens is 1. The van der Waals surface area contributed by atoms with Gasteiger partial charge < -0.3 is 0 Å². The van der Waals surface area contributed by atoms with E-state index in [0.717, 1.165) is 15.6 Å². The molecule has 72 valence electrons. The summed E-state index contributed by atoms with van der Waals surface area (Å²) in [6.45, 7) is 3.84. The Morgan fingerprint density at radius 3 is 2.93 bits per heavy atom. The fourth-order valence-corrected chi connectivity index (χ4v) is 2.09. The van der Waals surface area contributed by atoms with Gasteiger partial charge in [-0.25, -0.2) is 0 Å². The molecule has 0 fully saturated rings. The van der Waals surface area contributed by atoms with Gasteiger partial charge in [-0.05, 0) is 17.6 Å². The summed E-state index contributed by atoms with van der Waals surface area (Å²) in [6, 6.07) is 5.78. The Morgan fingerprint density at radius 2 is 2.21 bits per heavy atom. The molecule has 1 heterocycles. The van der Waals surface area contributed by atoms with E-state index in [2.05, 4.69) is 4.37 Å². The van der Waals surface area contributed by atoms with E-state index in [1.54, 1.807) is 6.20 Å². The van der Waals surface area contributed by atoms with E-state index in [0.29, 0.717) is 0 Å². The largest absolute Gasteiger partial charge is 0.294 e. The first kappa shape index (κ1) is 9.34. The van der Waals surface area contributed by atoms with Crippen LogP contribution in [0.2, 0.25) is 0 Å². The Hall–Kier alpha value is -1.22. The Balaban J connectivity index is 2.62. The zero-order valence-electron chi connectivity index (χ0n) is 8.15. The molecule has 0 bridgehead atoms. The van der Waals surface area contributed by atoms with Gasteiger partial charge in [-0.2, -0.15) is 4.37 Å². The maximum Gasteiger partial charge on any atom is 0.166 e. The van der Waals surface area contributed by atoms with Gasteiger partial charge in [-0.15, -0.1) is 0 Å². The summed E-state index contributed by atoms with van der Waals surface area (Å²) >= 11 is 1.43. The third-order valence-corrected chi connectivity index (χ3v) is 2.95. The third kappa shape index (κ3) is 1.44. The summed E-state index contributed by atoms with van der Waals surface area (Å²) in [4.78, 5) is 11.8. The molecule has 3 heteroatoms. The van der Waals surface area contributed by atoms with Crippen molar-refractivity contribution in [2.75, 3.05) is 0 Å². The molecule has 1 aromatic carbocycles. The molecular formula is C11H11NOS. The zero-order valence-corrected chi connectivity index (χ0v) is 8.97. The lowest BCUT2D eigenvalue weighted by Crippen LogP contribution is -2.07. The summed E-state index contributed by atoms with van der Waals surface area (Å²) in [7, 11) is 0. The second kappa shape index (κ2) is 3.50. The Morgan fingerprint density at radius 1 is 1.43 bits per heavy atom. The Labute approximate surface area is 86.7 Å². The summed E-state index contributed by atoms with van der Waals surface area (Å²) in [5.41, 5.74) is 0.797. The number of nitrogens with zero attached hydrogens (tertiary/aromatic N) is 1. The molecule has 0 unspecified atom stereocenters. The quantitative estimate of drug-likeness (QED) is 0.705. The van der Waals surface area contributed by atoms with Gasteiger partial charge in [0.2, 0.25) is 0 Å². The van der Waals surface area contributed by atoms with Crippen LogP contribution >= 0.6 is 11.5 Å². The van der Waals surface area contributed by atoms with Crippen LogP contribution in [0.15, 0.2) is 24.4 Å². The van der Waals surface area contributed by atoms with Crippen molar-refractivity contribution in [1.82, 2.24) is 4.37 Å². The minimum absolute atomic E-state index is 0.0421. The van der Waals surface area contributed by atoms with E-state index in [1.807, 2.05) is 32.0 Å². The highest BCUT2D eigenvalue weighted by Gasteiger charge is 2.13. The van der Waals surface area contributed by atoms with Crippen molar-refractivity contribution in [3.05, 3.63) is 30.0 Å². The van der Waals surface area contributed by atoms with Gasteiger partial charge in [-0.1, -0.05) is 26.0 Å². The second-order valence-corrected chi connectivity index (χ2v) is 4.40. The fraction of sp³-hybridized carbons (Fsp3) is 0.273. The van der Waals surface area contributed by atoms with Crippen molar-refractivity contribution in [2.24, 2.45) is 5.92 Å². The van der Waals surface area contributed by atoms with Crippen molar-refractivity contribution in [2.45, 2.75) is 13.8 Å². The summed E-state index contributed by atoms with van der Waals surface area (Å²) in [5, 5.41) is 0.983. The molecule has 0 N–H and O–H groups in total. The number of ketones is 1. The van der Waals surface area contributed by atoms with Crippen molar-refractivity contribution in [1.29, 1.82) is 0 Å². The number of hydrogen-bond acceptors (Lipinski definition) is 3. The van der Waals surface area contributed by atoms with Crippen LogP contribution in [0.1, 0.15) is 24.2 Å². The summed E-state index contributed by atoms with van der Waals surface area (Å²) in [5.74, 6) is 0.233. The molecule has 2 aromatic rings. The molecular weight excluding hydrogens is 194 g/mol. The van der Waals surface area contributed by atoms with Crippen molar-refractivity contribution < 1.29 is 4.79 Å². The molecule has 0 spiro atoms. The molecule has 0 aliphatic heterocycles. The van der Waals surface area contributed by atoms with Crippen LogP contribution < -0.4 is 0 Å². The van der Waals surface area contributed by atoms with Gasteiger partial charge >= 0.3 is 0 Å². The van der Waals surface area contributed by atoms with Crippen LogP contribution in [0.3, 0.4) is 0 Å². The lowest BCUT2D eigenvalue weighted by atomic mass is 9.99. The van der Waals surface area contributed by atoms with Crippen molar-refractivity contribution in [3.8, 4) is 0 Å². The van der Waals surface area contributed by atoms with Crippen LogP contribution in [0, 0.1) is 5.92 Å². The molecule has 0 saturated heterocycles. The number of fused-ring (bicyclic) bond motifs is 1. The fourth-order valence-electron chi connectivity index (χ4n) is 1.42. The lowest BCUT2D eigenvalue weighted by molar-refractivity contribution is 0.0941. The molecule has 0 saturated carbocycles. The van der Waals surface area contributed by atoms with Crippen LogP contribution in [0.25, 0.3) is 10.1 Å². The van der Waals surface area contributed by atoms with E-state index in [4.69, 9.17) is 0 Å². The molecule has 0 aliphatic carbocycles. The van der Waals surface area contributed by atoms with Gasteiger partial charge in [-0.3, -0.25) is 4.79 Å². The first-order valence-corrected chi connectivity index (χ1v) is 5.35. The number of rotatable bonds is 2. The lowest BCUT2D eigenvalue weighted by Gasteiger charge is -2.04. The van der Waals surface area contributed by atoms with E-state index >= 15 is 0 Å². The molecule has 0 aliphatic rings. The molecule has 0 radical (unpaired) electrons. The molecule has 14 heavy (non-hydrogen) atoms. The topological polar surface area (TPSA) is 30.0 Å². The monoisotopic (exact) mass is 205 g/mol. The molecule has 0 amide bonds. The number of carbonyl (C=O) groups is 1. The van der Waals surface area contributed by atoms with Gasteiger partial charge in [0.15, 0.2) is 5.78 Å². The normalized spacial score (nSPS) is 11.1. The van der Waals surface area contributed by atoms with Crippen LogP contribution in [-0.4, -0.2) is 10.2 Å². The van der Waals surface area contributed by atoms with Crippen LogP contribution in [-0.2, 0) is 0 Å². The number of hydrogen-bond donors (Lipinski definition) is 0. The van der Waals surface area contributed by atoms with Gasteiger partial charge in [0.05, 0.1) is 4.70 Å². The maximum absolute atomic E-state index is 11.8. The number of carbonyl (C=O) groups excluding carboxylic acids is 1. The van der Waals surface area contributed by atoms with E-state index in [-0.39, 0.29) is 11.7 Å². The second-order valence-electron chi connectivity index (χ2n) is 3.56. The van der Waals surface area contributed by atoms with E-state index in [1.165, 1.54) is 11.5 Å². The maximum atomic E-state index is 11.8. The van der Waals surface area contributed by atoms with Crippen LogP contribution in [0.5, 0.6) is 0 Å².